The molecule has 4 heteroatoms. The van der Waals surface area contributed by atoms with Crippen LogP contribution >= 0.6 is 11.3 Å². The van der Waals surface area contributed by atoms with Crippen LogP contribution in [0.15, 0.2) is 72.1 Å². The first-order chi connectivity index (χ1) is 12.7. The van der Waals surface area contributed by atoms with Gasteiger partial charge in [-0.15, -0.1) is 11.3 Å². The quantitative estimate of drug-likeness (QED) is 0.618. The van der Waals surface area contributed by atoms with Gasteiger partial charge in [0.15, 0.2) is 0 Å². The van der Waals surface area contributed by atoms with Gasteiger partial charge < -0.3 is 5.32 Å². The molecule has 1 heterocycles. The van der Waals surface area contributed by atoms with E-state index in [2.05, 4.69) is 53.3 Å². The second-order valence-electron chi connectivity index (χ2n) is 6.29. The highest BCUT2D eigenvalue weighted by Gasteiger charge is 2.21. The van der Waals surface area contributed by atoms with Crippen molar-refractivity contribution in [2.45, 2.75) is 32.4 Å². The minimum Gasteiger partial charge on any atom is -0.325 e. The Morgan fingerprint density at radius 2 is 1.73 bits per heavy atom. The molecule has 0 fully saturated rings. The van der Waals surface area contributed by atoms with Crippen molar-refractivity contribution in [3.8, 4) is 0 Å². The van der Waals surface area contributed by atoms with Crippen molar-refractivity contribution in [3.05, 3.63) is 88.1 Å². The van der Waals surface area contributed by atoms with E-state index in [4.69, 9.17) is 0 Å². The van der Waals surface area contributed by atoms with E-state index in [9.17, 15) is 4.79 Å². The van der Waals surface area contributed by atoms with Gasteiger partial charge in [0.2, 0.25) is 5.91 Å². The second kappa shape index (κ2) is 8.79. The summed E-state index contributed by atoms with van der Waals surface area (Å²) in [6, 6.07) is 22.0. The third kappa shape index (κ3) is 4.59. The van der Waals surface area contributed by atoms with Gasteiger partial charge >= 0.3 is 0 Å². The number of anilines is 1. The first kappa shape index (κ1) is 18.4. The molecular weight excluding hydrogens is 340 g/mol. The van der Waals surface area contributed by atoms with Crippen LogP contribution in [0.3, 0.4) is 0 Å². The molecular formula is C22H24N2OS. The van der Waals surface area contributed by atoms with E-state index in [1.54, 1.807) is 11.3 Å². The van der Waals surface area contributed by atoms with Gasteiger partial charge in [-0.2, -0.15) is 0 Å². The maximum Gasteiger partial charge on any atom is 0.241 e. The molecule has 3 nitrogen and oxygen atoms in total. The van der Waals surface area contributed by atoms with Gasteiger partial charge in [0.1, 0.15) is 0 Å². The van der Waals surface area contributed by atoms with Crippen molar-refractivity contribution in [1.82, 2.24) is 5.32 Å². The van der Waals surface area contributed by atoms with Crippen molar-refractivity contribution < 1.29 is 4.79 Å². The Labute approximate surface area is 159 Å². The molecule has 2 atom stereocenters. The van der Waals surface area contributed by atoms with E-state index in [-0.39, 0.29) is 18.0 Å². The zero-order chi connectivity index (χ0) is 18.4. The van der Waals surface area contributed by atoms with Crippen molar-refractivity contribution in [2.75, 3.05) is 5.32 Å². The summed E-state index contributed by atoms with van der Waals surface area (Å²) in [6.45, 7) is 4.05. The molecule has 0 aliphatic heterocycles. The number of aryl methyl sites for hydroxylation is 1. The zero-order valence-electron chi connectivity index (χ0n) is 15.1. The van der Waals surface area contributed by atoms with Gasteiger partial charge in [0.05, 0.1) is 12.1 Å². The fourth-order valence-electron chi connectivity index (χ4n) is 2.84. The van der Waals surface area contributed by atoms with Crippen LogP contribution in [-0.4, -0.2) is 11.9 Å². The van der Waals surface area contributed by atoms with Crippen molar-refractivity contribution in [3.63, 3.8) is 0 Å². The molecule has 0 aliphatic carbocycles. The van der Waals surface area contributed by atoms with Gasteiger partial charge in [0, 0.05) is 10.6 Å². The minimum atomic E-state index is -0.326. The zero-order valence-corrected chi connectivity index (χ0v) is 15.9. The van der Waals surface area contributed by atoms with Crippen molar-refractivity contribution in [1.29, 1.82) is 0 Å². The Bertz CT molecular complexity index is 813. The Morgan fingerprint density at radius 1 is 1.00 bits per heavy atom. The predicted molar refractivity (Wildman–Crippen MR) is 110 cm³/mol. The van der Waals surface area contributed by atoms with Crippen molar-refractivity contribution in [2.24, 2.45) is 0 Å². The Hall–Kier alpha value is -2.43. The SMILES string of the molecule is CCc1ccc([C@@H](N[C@@H](C)C(=O)Nc2ccccc2)c2cccs2)cc1. The van der Waals surface area contributed by atoms with E-state index >= 15 is 0 Å². The smallest absolute Gasteiger partial charge is 0.241 e. The lowest BCUT2D eigenvalue weighted by Crippen LogP contribution is -2.40. The summed E-state index contributed by atoms with van der Waals surface area (Å²) in [4.78, 5) is 13.8. The molecule has 0 radical (unpaired) electrons. The van der Waals surface area contributed by atoms with Gasteiger partial charge in [-0.3, -0.25) is 10.1 Å². The molecule has 0 aliphatic rings. The second-order valence-corrected chi connectivity index (χ2v) is 7.27. The van der Waals surface area contributed by atoms with Crippen LogP contribution in [0.2, 0.25) is 0 Å². The Kier molecular flexibility index (Phi) is 6.21. The lowest BCUT2D eigenvalue weighted by molar-refractivity contribution is -0.117. The molecule has 134 valence electrons. The lowest BCUT2D eigenvalue weighted by atomic mass is 10.0. The van der Waals surface area contributed by atoms with Crippen LogP contribution in [-0.2, 0) is 11.2 Å². The number of benzene rings is 2. The Morgan fingerprint density at radius 3 is 2.35 bits per heavy atom. The average molecular weight is 365 g/mol. The molecule has 26 heavy (non-hydrogen) atoms. The summed E-state index contributed by atoms with van der Waals surface area (Å²) in [5.41, 5.74) is 3.30. The van der Waals surface area contributed by atoms with Gasteiger partial charge in [-0.05, 0) is 48.1 Å². The number of nitrogens with one attached hydrogen (secondary N) is 2. The number of para-hydroxylation sites is 1. The Balaban J connectivity index is 1.75. The first-order valence-corrected chi connectivity index (χ1v) is 9.79. The number of hydrogen-bond acceptors (Lipinski definition) is 3. The molecule has 0 saturated carbocycles. The van der Waals surface area contributed by atoms with Crippen LogP contribution in [0.1, 0.15) is 35.9 Å². The molecule has 2 N–H and O–H groups in total. The molecule has 2 aromatic carbocycles. The van der Waals surface area contributed by atoms with Crippen LogP contribution < -0.4 is 10.6 Å². The molecule has 3 rings (SSSR count). The van der Waals surface area contributed by atoms with E-state index in [0.717, 1.165) is 12.1 Å². The lowest BCUT2D eigenvalue weighted by Gasteiger charge is -2.23. The molecule has 0 bridgehead atoms. The topological polar surface area (TPSA) is 41.1 Å². The van der Waals surface area contributed by atoms with E-state index < -0.39 is 0 Å². The van der Waals surface area contributed by atoms with Gasteiger partial charge in [0.25, 0.3) is 0 Å². The standard InChI is InChI=1S/C22H24N2OS/c1-3-17-11-13-18(14-12-17)21(20-10-7-15-26-20)23-16(2)22(25)24-19-8-5-4-6-9-19/h4-16,21,23H,3H2,1-2H3,(H,24,25)/t16-,21+/m0/s1. The monoisotopic (exact) mass is 364 g/mol. The van der Waals surface area contributed by atoms with E-state index in [1.807, 2.05) is 43.3 Å². The van der Waals surface area contributed by atoms with Gasteiger partial charge in [-0.25, -0.2) is 0 Å². The highest BCUT2D eigenvalue weighted by atomic mass is 32.1. The van der Waals surface area contributed by atoms with Crippen LogP contribution in [0.5, 0.6) is 0 Å². The van der Waals surface area contributed by atoms with Crippen LogP contribution in [0, 0.1) is 0 Å². The molecule has 0 saturated heterocycles. The largest absolute Gasteiger partial charge is 0.325 e. The third-order valence-corrected chi connectivity index (χ3v) is 5.34. The fraction of sp³-hybridized carbons (Fsp3) is 0.227. The van der Waals surface area contributed by atoms with Crippen LogP contribution in [0.4, 0.5) is 5.69 Å². The predicted octanol–water partition coefficient (Wildman–Crippen LogP) is 5.02. The van der Waals surface area contributed by atoms with Crippen molar-refractivity contribution >= 4 is 22.9 Å². The number of carbonyl (C=O) groups excluding carboxylic acids is 1. The number of amides is 1. The van der Waals surface area contributed by atoms with E-state index in [1.165, 1.54) is 16.0 Å². The number of carbonyl (C=O) groups is 1. The maximum atomic E-state index is 12.6. The molecule has 3 aromatic rings. The van der Waals surface area contributed by atoms with Gasteiger partial charge in [-0.1, -0.05) is 55.5 Å². The van der Waals surface area contributed by atoms with E-state index in [0.29, 0.717) is 0 Å². The minimum absolute atomic E-state index is 0.00238. The number of hydrogen-bond donors (Lipinski definition) is 2. The first-order valence-electron chi connectivity index (χ1n) is 8.91. The maximum absolute atomic E-state index is 12.6. The number of rotatable bonds is 7. The summed E-state index contributed by atoms with van der Waals surface area (Å²) in [5.74, 6) is -0.0389. The molecule has 1 amide bonds. The summed E-state index contributed by atoms with van der Waals surface area (Å²) in [7, 11) is 0. The summed E-state index contributed by atoms with van der Waals surface area (Å²) >= 11 is 1.70. The average Bonchev–Trinajstić information content (AvgIpc) is 3.21. The molecule has 0 unspecified atom stereocenters. The molecule has 0 spiro atoms. The molecule has 1 aromatic heterocycles. The fourth-order valence-corrected chi connectivity index (χ4v) is 3.65. The summed E-state index contributed by atoms with van der Waals surface area (Å²) in [5, 5.41) is 8.52. The summed E-state index contributed by atoms with van der Waals surface area (Å²) < 4.78 is 0. The summed E-state index contributed by atoms with van der Waals surface area (Å²) in [6.07, 6.45) is 1.02. The normalized spacial score (nSPS) is 13.2. The third-order valence-electron chi connectivity index (χ3n) is 4.40. The van der Waals surface area contributed by atoms with Crippen LogP contribution in [0.25, 0.3) is 0 Å². The highest BCUT2D eigenvalue weighted by molar-refractivity contribution is 7.10. The number of thiophene rings is 1. The highest BCUT2D eigenvalue weighted by Crippen LogP contribution is 2.27.